The van der Waals surface area contributed by atoms with Gasteiger partial charge in [-0.05, 0) is 36.4 Å². The number of nitrogens with zero attached hydrogens (tertiary/aromatic N) is 4. The Labute approximate surface area is 171 Å². The fourth-order valence-electron chi connectivity index (χ4n) is 3.74. The number of carbonyl (C=O) groups excluding carboxylic acids is 3. The van der Waals surface area contributed by atoms with Crippen molar-refractivity contribution in [3.63, 3.8) is 0 Å². The minimum atomic E-state index is -0.336. The van der Waals surface area contributed by atoms with E-state index in [1.54, 1.807) is 58.0 Å². The summed E-state index contributed by atoms with van der Waals surface area (Å²) in [7, 11) is 0. The number of aldehydes is 1. The molecule has 7 nitrogen and oxygen atoms in total. The van der Waals surface area contributed by atoms with Crippen molar-refractivity contribution in [2.45, 2.75) is 6.54 Å². The number of rotatable bonds is 5. The first-order valence-corrected chi connectivity index (χ1v) is 9.39. The van der Waals surface area contributed by atoms with Gasteiger partial charge < -0.3 is 0 Å². The summed E-state index contributed by atoms with van der Waals surface area (Å²) in [6.45, 7) is 0.0466. The normalized spacial score (nSPS) is 13.0. The molecule has 0 bridgehead atoms. The van der Waals surface area contributed by atoms with Gasteiger partial charge in [0.15, 0.2) is 6.29 Å². The number of hydrogen-bond donors (Lipinski definition) is 0. The van der Waals surface area contributed by atoms with E-state index in [9.17, 15) is 14.4 Å². The van der Waals surface area contributed by atoms with Gasteiger partial charge in [0.2, 0.25) is 0 Å². The summed E-state index contributed by atoms with van der Waals surface area (Å²) in [6.07, 6.45) is 4.14. The largest absolute Gasteiger partial charge is 0.298 e. The maximum absolute atomic E-state index is 12.8. The van der Waals surface area contributed by atoms with Crippen molar-refractivity contribution in [2.24, 2.45) is 0 Å². The van der Waals surface area contributed by atoms with E-state index in [1.807, 2.05) is 30.3 Å². The highest BCUT2D eigenvalue weighted by atomic mass is 16.2. The lowest BCUT2D eigenvalue weighted by Crippen LogP contribution is -2.29. The van der Waals surface area contributed by atoms with Crippen LogP contribution in [0.5, 0.6) is 0 Å². The van der Waals surface area contributed by atoms with Crippen LogP contribution < -0.4 is 0 Å². The lowest BCUT2D eigenvalue weighted by Gasteiger charge is -2.16. The Morgan fingerprint density at radius 1 is 0.833 bits per heavy atom. The zero-order valence-corrected chi connectivity index (χ0v) is 15.8. The van der Waals surface area contributed by atoms with Crippen LogP contribution in [0.2, 0.25) is 0 Å². The van der Waals surface area contributed by atoms with E-state index in [-0.39, 0.29) is 18.4 Å². The number of imide groups is 1. The SMILES string of the molecule is O=Cc1cccn1-c1c(CN2C(=O)c3ccccc3C2=O)cnn1-c1ccccc1. The first-order chi connectivity index (χ1) is 14.7. The second-order valence-corrected chi connectivity index (χ2v) is 6.90. The number of aromatic nitrogens is 3. The first kappa shape index (κ1) is 17.8. The molecule has 1 aliphatic heterocycles. The second kappa shape index (κ2) is 6.97. The van der Waals surface area contributed by atoms with Crippen LogP contribution in [0.15, 0.2) is 79.1 Å². The number of hydrogen-bond acceptors (Lipinski definition) is 4. The molecule has 1 aliphatic rings. The summed E-state index contributed by atoms with van der Waals surface area (Å²) in [5, 5.41) is 4.49. The van der Waals surface area contributed by atoms with Crippen LogP contribution in [0.3, 0.4) is 0 Å². The molecule has 2 aromatic carbocycles. The van der Waals surface area contributed by atoms with Gasteiger partial charge in [-0.3, -0.25) is 23.9 Å². The highest BCUT2D eigenvalue weighted by Gasteiger charge is 2.36. The Kier molecular flexibility index (Phi) is 4.14. The Balaban J connectivity index is 1.62. The van der Waals surface area contributed by atoms with Crippen LogP contribution in [-0.2, 0) is 6.54 Å². The third-order valence-corrected chi connectivity index (χ3v) is 5.15. The summed E-state index contributed by atoms with van der Waals surface area (Å²) < 4.78 is 3.40. The molecule has 5 rings (SSSR count). The lowest BCUT2D eigenvalue weighted by atomic mass is 10.1. The zero-order chi connectivity index (χ0) is 20.7. The van der Waals surface area contributed by atoms with Crippen LogP contribution in [0, 0.1) is 0 Å². The van der Waals surface area contributed by atoms with Crippen molar-refractivity contribution < 1.29 is 14.4 Å². The van der Waals surface area contributed by atoms with E-state index in [0.29, 0.717) is 28.2 Å². The van der Waals surface area contributed by atoms with E-state index in [0.717, 1.165) is 12.0 Å². The minimum absolute atomic E-state index is 0.0466. The Hall–Kier alpha value is -4.26. The average molecular weight is 396 g/mol. The third kappa shape index (κ3) is 2.68. The fraction of sp³-hybridized carbons (Fsp3) is 0.0435. The smallest absolute Gasteiger partial charge is 0.261 e. The Morgan fingerprint density at radius 2 is 1.50 bits per heavy atom. The summed E-state index contributed by atoms with van der Waals surface area (Å²) in [6, 6.07) is 19.7. The monoisotopic (exact) mass is 396 g/mol. The molecule has 0 saturated carbocycles. The summed E-state index contributed by atoms with van der Waals surface area (Å²) >= 11 is 0. The van der Waals surface area contributed by atoms with Crippen molar-refractivity contribution in [2.75, 3.05) is 0 Å². The number of carbonyl (C=O) groups is 3. The first-order valence-electron chi connectivity index (χ1n) is 9.39. The van der Waals surface area contributed by atoms with Gasteiger partial charge in [-0.1, -0.05) is 30.3 Å². The van der Waals surface area contributed by atoms with E-state index in [4.69, 9.17) is 0 Å². The molecule has 0 aliphatic carbocycles. The molecular formula is C23H16N4O3. The van der Waals surface area contributed by atoms with Gasteiger partial charge in [-0.25, -0.2) is 4.68 Å². The van der Waals surface area contributed by atoms with Crippen molar-refractivity contribution in [1.29, 1.82) is 0 Å². The molecule has 0 N–H and O–H groups in total. The Morgan fingerprint density at radius 3 is 2.17 bits per heavy atom. The molecule has 0 spiro atoms. The van der Waals surface area contributed by atoms with E-state index < -0.39 is 0 Å². The molecule has 0 radical (unpaired) electrons. The quantitative estimate of drug-likeness (QED) is 0.383. The molecule has 2 amide bonds. The highest BCUT2D eigenvalue weighted by molar-refractivity contribution is 6.21. The number of amides is 2. The van der Waals surface area contributed by atoms with Crippen LogP contribution in [-0.4, -0.2) is 37.3 Å². The van der Waals surface area contributed by atoms with Crippen molar-refractivity contribution in [3.05, 3.63) is 102 Å². The van der Waals surface area contributed by atoms with Crippen LogP contribution in [0.1, 0.15) is 36.8 Å². The minimum Gasteiger partial charge on any atom is -0.298 e. The van der Waals surface area contributed by atoms with Gasteiger partial charge in [-0.2, -0.15) is 5.10 Å². The summed E-state index contributed by atoms with van der Waals surface area (Å²) in [5.74, 6) is -0.0703. The van der Waals surface area contributed by atoms with Gasteiger partial charge in [0.25, 0.3) is 11.8 Å². The predicted octanol–water partition coefficient (Wildman–Crippen LogP) is 3.27. The number of para-hydroxylation sites is 1. The topological polar surface area (TPSA) is 77.2 Å². The van der Waals surface area contributed by atoms with Gasteiger partial charge in [0.05, 0.1) is 35.2 Å². The van der Waals surface area contributed by atoms with Gasteiger partial charge in [-0.15, -0.1) is 0 Å². The Bertz CT molecular complexity index is 1250. The molecule has 30 heavy (non-hydrogen) atoms. The molecule has 0 atom stereocenters. The predicted molar refractivity (Wildman–Crippen MR) is 109 cm³/mol. The molecule has 0 saturated heterocycles. The van der Waals surface area contributed by atoms with Crippen LogP contribution in [0.25, 0.3) is 11.5 Å². The van der Waals surface area contributed by atoms with Gasteiger partial charge >= 0.3 is 0 Å². The molecule has 4 aromatic rings. The van der Waals surface area contributed by atoms with E-state index >= 15 is 0 Å². The van der Waals surface area contributed by atoms with Crippen LogP contribution in [0.4, 0.5) is 0 Å². The van der Waals surface area contributed by atoms with Crippen LogP contribution >= 0.6 is 0 Å². The molecule has 0 unspecified atom stereocenters. The molecule has 2 aromatic heterocycles. The summed E-state index contributed by atoms with van der Waals surface area (Å²) in [4.78, 5) is 38.4. The molecule has 0 fully saturated rings. The fourth-order valence-corrected chi connectivity index (χ4v) is 3.74. The molecule has 7 heteroatoms. The standard InChI is InChI=1S/C23H16N4O3/c28-15-18-9-6-12-25(18)21-16(13-24-27(21)17-7-2-1-3-8-17)14-26-22(29)19-10-4-5-11-20(19)23(26)30/h1-13,15H,14H2. The van der Waals surface area contributed by atoms with E-state index in [2.05, 4.69) is 5.10 Å². The van der Waals surface area contributed by atoms with Crippen molar-refractivity contribution in [1.82, 2.24) is 19.2 Å². The van der Waals surface area contributed by atoms with Crippen molar-refractivity contribution in [3.8, 4) is 11.5 Å². The third-order valence-electron chi connectivity index (χ3n) is 5.15. The molecular weight excluding hydrogens is 380 g/mol. The second-order valence-electron chi connectivity index (χ2n) is 6.90. The van der Waals surface area contributed by atoms with Gasteiger partial charge in [0.1, 0.15) is 5.82 Å². The maximum atomic E-state index is 12.8. The number of benzene rings is 2. The maximum Gasteiger partial charge on any atom is 0.261 e. The zero-order valence-electron chi connectivity index (χ0n) is 15.8. The van der Waals surface area contributed by atoms with E-state index in [1.165, 1.54) is 4.90 Å². The average Bonchev–Trinajstić information content (AvgIpc) is 3.48. The van der Waals surface area contributed by atoms with Gasteiger partial charge in [0, 0.05) is 11.8 Å². The van der Waals surface area contributed by atoms with Crippen molar-refractivity contribution >= 4 is 18.1 Å². The number of fused-ring (bicyclic) bond motifs is 1. The summed E-state index contributed by atoms with van der Waals surface area (Å²) in [5.41, 5.74) is 2.68. The lowest BCUT2D eigenvalue weighted by molar-refractivity contribution is 0.0642. The molecule has 3 heterocycles. The highest BCUT2D eigenvalue weighted by Crippen LogP contribution is 2.27. The molecule has 146 valence electrons.